The molecule has 0 aliphatic rings. The minimum atomic E-state index is -0.659. The Balaban J connectivity index is 0.00000232. The number of benzene rings is 1. The van der Waals surface area contributed by atoms with E-state index in [0.717, 1.165) is 0 Å². The molecule has 1 aromatic carbocycles. The standard InChI is InChI=1S/C15H21BrFNO3.C2H6/c1-14(2,3)21-13(19)18-9-15(4,5)20-10-6-7-12(17)11(16)8-10;1-2/h6-8H,9H2,1-5H3,(H,18,19);1-2H3. The molecule has 0 spiro atoms. The first-order valence-electron chi connectivity index (χ1n) is 7.59. The van der Waals surface area contributed by atoms with Crippen molar-refractivity contribution in [2.45, 2.75) is 59.7 Å². The molecular weight excluding hydrogens is 365 g/mol. The summed E-state index contributed by atoms with van der Waals surface area (Å²) in [5, 5.41) is 2.65. The molecule has 6 heteroatoms. The van der Waals surface area contributed by atoms with Gasteiger partial charge in [0.1, 0.15) is 22.8 Å². The van der Waals surface area contributed by atoms with Gasteiger partial charge in [-0.25, -0.2) is 9.18 Å². The summed E-state index contributed by atoms with van der Waals surface area (Å²) in [4.78, 5) is 11.6. The predicted molar refractivity (Wildman–Crippen MR) is 94.4 cm³/mol. The van der Waals surface area contributed by atoms with Crippen LogP contribution in [0.4, 0.5) is 9.18 Å². The number of hydrogen-bond donors (Lipinski definition) is 1. The molecule has 0 saturated heterocycles. The molecule has 0 bridgehead atoms. The largest absolute Gasteiger partial charge is 0.486 e. The molecule has 0 saturated carbocycles. The van der Waals surface area contributed by atoms with Crippen molar-refractivity contribution < 1.29 is 18.7 Å². The molecule has 0 aromatic heterocycles. The Kier molecular flexibility index (Phi) is 8.59. The van der Waals surface area contributed by atoms with Gasteiger partial charge in [-0.2, -0.15) is 0 Å². The van der Waals surface area contributed by atoms with Crippen molar-refractivity contribution in [2.75, 3.05) is 6.54 Å². The van der Waals surface area contributed by atoms with E-state index in [1.165, 1.54) is 12.1 Å². The van der Waals surface area contributed by atoms with Gasteiger partial charge in [-0.3, -0.25) is 0 Å². The van der Waals surface area contributed by atoms with Gasteiger partial charge >= 0.3 is 6.09 Å². The Morgan fingerprint density at radius 2 is 1.78 bits per heavy atom. The molecule has 0 heterocycles. The third-order valence-corrected chi connectivity index (χ3v) is 2.95. The summed E-state index contributed by atoms with van der Waals surface area (Å²) in [5.74, 6) is 0.159. The number of rotatable bonds is 4. The Morgan fingerprint density at radius 1 is 1.22 bits per heavy atom. The van der Waals surface area contributed by atoms with Gasteiger partial charge in [0.2, 0.25) is 0 Å². The zero-order valence-electron chi connectivity index (χ0n) is 14.9. The normalized spacial score (nSPS) is 11.2. The van der Waals surface area contributed by atoms with Crippen molar-refractivity contribution in [2.24, 2.45) is 0 Å². The number of alkyl carbamates (subject to hydrolysis) is 1. The summed E-state index contributed by atoms with van der Waals surface area (Å²) < 4.78 is 24.4. The van der Waals surface area contributed by atoms with Crippen LogP contribution in [0.15, 0.2) is 22.7 Å². The van der Waals surface area contributed by atoms with Gasteiger partial charge < -0.3 is 14.8 Å². The van der Waals surface area contributed by atoms with Crippen molar-refractivity contribution >= 4 is 22.0 Å². The van der Waals surface area contributed by atoms with Crippen molar-refractivity contribution in [1.29, 1.82) is 0 Å². The Bertz CT molecular complexity index is 513. The zero-order chi connectivity index (χ0) is 18.3. The lowest BCUT2D eigenvalue weighted by molar-refractivity contribution is 0.0443. The first-order chi connectivity index (χ1) is 10.5. The smallest absolute Gasteiger partial charge is 0.407 e. The molecule has 4 nitrogen and oxygen atoms in total. The summed E-state index contributed by atoms with van der Waals surface area (Å²) in [6.07, 6.45) is -0.500. The Morgan fingerprint density at radius 3 is 2.26 bits per heavy atom. The highest BCUT2D eigenvalue weighted by Crippen LogP contribution is 2.24. The maximum atomic E-state index is 13.2. The second kappa shape index (κ2) is 9.11. The number of amides is 1. The third-order valence-electron chi connectivity index (χ3n) is 2.34. The van der Waals surface area contributed by atoms with Gasteiger partial charge in [0, 0.05) is 0 Å². The van der Waals surface area contributed by atoms with Crippen LogP contribution in [0.5, 0.6) is 5.75 Å². The fourth-order valence-electron chi connectivity index (χ4n) is 1.49. The zero-order valence-corrected chi connectivity index (χ0v) is 16.5. The molecule has 0 aliphatic heterocycles. The van der Waals surface area contributed by atoms with Crippen LogP contribution in [0.1, 0.15) is 48.5 Å². The van der Waals surface area contributed by atoms with Crippen LogP contribution < -0.4 is 10.1 Å². The van der Waals surface area contributed by atoms with Crippen LogP contribution in [0.3, 0.4) is 0 Å². The van der Waals surface area contributed by atoms with Gasteiger partial charge in [-0.05, 0) is 68.7 Å². The van der Waals surface area contributed by atoms with E-state index < -0.39 is 17.3 Å². The van der Waals surface area contributed by atoms with Crippen LogP contribution in [0.2, 0.25) is 0 Å². The van der Waals surface area contributed by atoms with E-state index in [9.17, 15) is 9.18 Å². The highest BCUT2D eigenvalue weighted by molar-refractivity contribution is 9.10. The van der Waals surface area contributed by atoms with Gasteiger partial charge in [0.15, 0.2) is 0 Å². The van der Waals surface area contributed by atoms with E-state index in [-0.39, 0.29) is 12.4 Å². The Hall–Kier alpha value is -1.30. The molecular formula is C17H27BrFNO3. The molecule has 0 unspecified atom stereocenters. The van der Waals surface area contributed by atoms with Gasteiger partial charge in [-0.15, -0.1) is 0 Å². The highest BCUT2D eigenvalue weighted by Gasteiger charge is 2.23. The van der Waals surface area contributed by atoms with E-state index in [2.05, 4.69) is 21.2 Å². The number of ether oxygens (including phenoxy) is 2. The fraction of sp³-hybridized carbons (Fsp3) is 0.588. The first-order valence-corrected chi connectivity index (χ1v) is 8.39. The molecule has 1 N–H and O–H groups in total. The SMILES string of the molecule is CC.CC(C)(C)OC(=O)NCC(C)(C)Oc1ccc(F)c(Br)c1. The fourth-order valence-corrected chi connectivity index (χ4v) is 1.85. The lowest BCUT2D eigenvalue weighted by Crippen LogP contribution is -2.44. The van der Waals surface area contributed by atoms with Gasteiger partial charge in [0.05, 0.1) is 11.0 Å². The molecule has 0 radical (unpaired) electrons. The number of carbonyl (C=O) groups is 1. The minimum absolute atomic E-state index is 0.261. The summed E-state index contributed by atoms with van der Waals surface area (Å²) in [7, 11) is 0. The maximum absolute atomic E-state index is 13.2. The highest BCUT2D eigenvalue weighted by atomic mass is 79.9. The maximum Gasteiger partial charge on any atom is 0.407 e. The van der Waals surface area contributed by atoms with Crippen LogP contribution in [-0.4, -0.2) is 23.8 Å². The molecule has 1 amide bonds. The molecule has 23 heavy (non-hydrogen) atoms. The lowest BCUT2D eigenvalue weighted by atomic mass is 10.1. The second-order valence-electron chi connectivity index (χ2n) is 6.29. The number of carbonyl (C=O) groups excluding carboxylic acids is 1. The van der Waals surface area contributed by atoms with Crippen molar-refractivity contribution in [3.05, 3.63) is 28.5 Å². The van der Waals surface area contributed by atoms with Crippen molar-refractivity contribution in [1.82, 2.24) is 5.32 Å². The third kappa shape index (κ3) is 9.43. The summed E-state index contributed by atoms with van der Waals surface area (Å²) in [5.41, 5.74) is -1.20. The topological polar surface area (TPSA) is 47.6 Å². The molecule has 0 fully saturated rings. The number of nitrogens with one attached hydrogen (secondary N) is 1. The van der Waals surface area contributed by atoms with E-state index in [1.807, 2.05) is 27.7 Å². The quantitative estimate of drug-likeness (QED) is 0.757. The average molecular weight is 392 g/mol. The van der Waals surface area contributed by atoms with Crippen molar-refractivity contribution in [3.63, 3.8) is 0 Å². The first kappa shape index (κ1) is 21.7. The van der Waals surface area contributed by atoms with Crippen molar-refractivity contribution in [3.8, 4) is 5.75 Å². The summed E-state index contributed by atoms with van der Waals surface area (Å²) >= 11 is 3.10. The molecule has 132 valence electrons. The number of halogens is 2. The summed E-state index contributed by atoms with van der Waals surface area (Å²) in [6.45, 7) is 13.3. The van der Waals surface area contributed by atoms with Crippen LogP contribution in [0.25, 0.3) is 0 Å². The summed E-state index contributed by atoms with van der Waals surface area (Å²) in [6, 6.07) is 4.40. The molecule has 1 aromatic rings. The Labute approximate surface area is 146 Å². The van der Waals surface area contributed by atoms with Crippen LogP contribution in [-0.2, 0) is 4.74 Å². The van der Waals surface area contributed by atoms with Gasteiger partial charge in [-0.1, -0.05) is 13.8 Å². The second-order valence-corrected chi connectivity index (χ2v) is 7.15. The van der Waals surface area contributed by atoms with E-state index in [1.54, 1.807) is 26.8 Å². The predicted octanol–water partition coefficient (Wildman–Crippen LogP) is 5.30. The van der Waals surface area contributed by atoms with E-state index >= 15 is 0 Å². The lowest BCUT2D eigenvalue weighted by Gasteiger charge is -2.28. The number of hydrogen-bond acceptors (Lipinski definition) is 3. The molecule has 1 rings (SSSR count). The minimum Gasteiger partial charge on any atom is -0.486 e. The van der Waals surface area contributed by atoms with Crippen LogP contribution in [0, 0.1) is 5.82 Å². The average Bonchev–Trinajstić information content (AvgIpc) is 2.41. The monoisotopic (exact) mass is 391 g/mol. The molecule has 0 aliphatic carbocycles. The molecule has 0 atom stereocenters. The van der Waals surface area contributed by atoms with E-state index in [0.29, 0.717) is 10.2 Å². The van der Waals surface area contributed by atoms with E-state index in [4.69, 9.17) is 9.47 Å². The van der Waals surface area contributed by atoms with Gasteiger partial charge in [0.25, 0.3) is 0 Å². The van der Waals surface area contributed by atoms with Crippen LogP contribution >= 0.6 is 15.9 Å².